The second kappa shape index (κ2) is 6.30. The van der Waals surface area contributed by atoms with Gasteiger partial charge in [-0.3, -0.25) is 4.90 Å². The van der Waals surface area contributed by atoms with Crippen LogP contribution in [0.15, 0.2) is 6.07 Å². The molecule has 0 radical (unpaired) electrons. The van der Waals surface area contributed by atoms with Crippen LogP contribution in [0.5, 0.6) is 0 Å². The van der Waals surface area contributed by atoms with Crippen molar-refractivity contribution in [3.8, 4) is 0 Å². The Kier molecular flexibility index (Phi) is 4.71. The average Bonchev–Trinajstić information content (AvgIpc) is 2.73. The lowest BCUT2D eigenvalue weighted by molar-refractivity contribution is 0.262. The summed E-state index contributed by atoms with van der Waals surface area (Å²) in [6, 6.07) is 1.97. The molecule has 1 aromatic rings. The van der Waals surface area contributed by atoms with Gasteiger partial charge < -0.3 is 10.2 Å². The van der Waals surface area contributed by atoms with Crippen LogP contribution >= 0.6 is 0 Å². The van der Waals surface area contributed by atoms with Gasteiger partial charge in [0.15, 0.2) is 0 Å². The molecule has 2 heterocycles. The quantitative estimate of drug-likeness (QED) is 0.865. The zero-order chi connectivity index (χ0) is 13.8. The molecule has 106 valence electrons. The lowest BCUT2D eigenvalue weighted by Crippen LogP contribution is -2.28. The fraction of sp³-hybridized carbons (Fsp3) is 0.714. The summed E-state index contributed by atoms with van der Waals surface area (Å²) in [5.74, 6) is 2.58. The van der Waals surface area contributed by atoms with Crippen LogP contribution in [-0.4, -0.2) is 60.5 Å². The molecule has 0 amide bonds. The van der Waals surface area contributed by atoms with E-state index in [2.05, 4.69) is 39.2 Å². The Balaban J connectivity index is 1.91. The maximum absolute atomic E-state index is 4.51. The summed E-state index contributed by atoms with van der Waals surface area (Å²) in [7, 11) is 6.25. The minimum absolute atomic E-state index is 0.781. The van der Waals surface area contributed by atoms with Crippen molar-refractivity contribution in [2.75, 3.05) is 46.1 Å². The summed E-state index contributed by atoms with van der Waals surface area (Å²) >= 11 is 0. The fourth-order valence-electron chi connectivity index (χ4n) is 2.75. The molecule has 2 rings (SSSR count). The van der Waals surface area contributed by atoms with Gasteiger partial charge in [-0.2, -0.15) is 0 Å². The number of nitrogens with one attached hydrogen (secondary N) is 1. The third-order valence-electron chi connectivity index (χ3n) is 3.63. The molecule has 1 aliphatic heterocycles. The molecular formula is C14H25N5. The maximum atomic E-state index is 4.51. The molecule has 1 aromatic heterocycles. The smallest absolute Gasteiger partial charge is 0.144 e. The molecule has 0 aliphatic carbocycles. The molecule has 5 heteroatoms. The normalized spacial score (nSPS) is 20.2. The van der Waals surface area contributed by atoms with Gasteiger partial charge in [0, 0.05) is 31.9 Å². The van der Waals surface area contributed by atoms with Crippen molar-refractivity contribution >= 4 is 5.82 Å². The molecule has 5 nitrogen and oxygen atoms in total. The molecule has 0 aromatic carbocycles. The van der Waals surface area contributed by atoms with Crippen molar-refractivity contribution in [2.45, 2.75) is 19.9 Å². The van der Waals surface area contributed by atoms with Gasteiger partial charge in [0.25, 0.3) is 0 Å². The molecule has 1 saturated heterocycles. The van der Waals surface area contributed by atoms with Gasteiger partial charge >= 0.3 is 0 Å². The minimum Gasteiger partial charge on any atom is -0.373 e. The lowest BCUT2D eigenvalue weighted by atomic mass is 10.1. The van der Waals surface area contributed by atoms with E-state index in [-0.39, 0.29) is 0 Å². The Morgan fingerprint density at radius 3 is 2.89 bits per heavy atom. The number of nitrogens with zero attached hydrogens (tertiary/aromatic N) is 4. The molecule has 1 N–H and O–H groups in total. The van der Waals surface area contributed by atoms with Gasteiger partial charge in [0.1, 0.15) is 11.6 Å². The topological polar surface area (TPSA) is 44.3 Å². The zero-order valence-electron chi connectivity index (χ0n) is 12.5. The Morgan fingerprint density at radius 1 is 1.47 bits per heavy atom. The number of rotatable bonds is 5. The van der Waals surface area contributed by atoms with Crippen molar-refractivity contribution in [1.29, 1.82) is 0 Å². The Morgan fingerprint density at radius 2 is 2.26 bits per heavy atom. The van der Waals surface area contributed by atoms with E-state index in [9.17, 15) is 0 Å². The number of hydrogen-bond donors (Lipinski definition) is 1. The zero-order valence-corrected chi connectivity index (χ0v) is 12.5. The number of likely N-dealkylation sites (tertiary alicyclic amines) is 1. The van der Waals surface area contributed by atoms with Crippen LogP contribution < -0.4 is 5.32 Å². The van der Waals surface area contributed by atoms with Crippen LogP contribution in [0.4, 0.5) is 5.82 Å². The Labute approximate surface area is 116 Å². The summed E-state index contributed by atoms with van der Waals surface area (Å²) in [6.07, 6.45) is 1.30. The van der Waals surface area contributed by atoms with Gasteiger partial charge in [0.2, 0.25) is 0 Å². The van der Waals surface area contributed by atoms with Crippen molar-refractivity contribution in [1.82, 2.24) is 19.8 Å². The molecule has 1 aliphatic rings. The average molecular weight is 263 g/mol. The van der Waals surface area contributed by atoms with Crippen LogP contribution in [-0.2, 0) is 6.54 Å². The van der Waals surface area contributed by atoms with E-state index < -0.39 is 0 Å². The van der Waals surface area contributed by atoms with Gasteiger partial charge in [0.05, 0.1) is 6.54 Å². The van der Waals surface area contributed by atoms with E-state index in [1.807, 2.05) is 20.0 Å². The number of hydrogen-bond acceptors (Lipinski definition) is 5. The molecule has 19 heavy (non-hydrogen) atoms. The molecule has 1 unspecified atom stereocenters. The van der Waals surface area contributed by atoms with E-state index in [4.69, 9.17) is 0 Å². The van der Waals surface area contributed by atoms with E-state index in [0.717, 1.165) is 36.3 Å². The molecule has 0 saturated carbocycles. The maximum Gasteiger partial charge on any atom is 0.144 e. The van der Waals surface area contributed by atoms with Gasteiger partial charge in [-0.1, -0.05) is 0 Å². The highest BCUT2D eigenvalue weighted by atomic mass is 15.2. The monoisotopic (exact) mass is 263 g/mol. The lowest BCUT2D eigenvalue weighted by Gasteiger charge is -2.20. The first-order valence-corrected chi connectivity index (χ1v) is 6.96. The highest BCUT2D eigenvalue weighted by Crippen LogP contribution is 2.16. The second-order valence-electron chi connectivity index (χ2n) is 5.67. The Bertz CT molecular complexity index is 420. The summed E-state index contributed by atoms with van der Waals surface area (Å²) in [5, 5.41) is 3.08. The first-order valence-electron chi connectivity index (χ1n) is 6.96. The van der Waals surface area contributed by atoms with Crippen LogP contribution in [0, 0.1) is 12.8 Å². The molecule has 0 bridgehead atoms. The fourth-order valence-corrected chi connectivity index (χ4v) is 2.75. The molecule has 1 atom stereocenters. The van der Waals surface area contributed by atoms with E-state index >= 15 is 0 Å². The van der Waals surface area contributed by atoms with Crippen molar-refractivity contribution in [3.05, 3.63) is 17.6 Å². The highest BCUT2D eigenvalue weighted by molar-refractivity contribution is 5.34. The first-order chi connectivity index (χ1) is 9.06. The van der Waals surface area contributed by atoms with Crippen molar-refractivity contribution < 1.29 is 0 Å². The molecule has 1 fully saturated rings. The second-order valence-corrected chi connectivity index (χ2v) is 5.67. The summed E-state index contributed by atoms with van der Waals surface area (Å²) < 4.78 is 0. The predicted molar refractivity (Wildman–Crippen MR) is 78.3 cm³/mol. The third kappa shape index (κ3) is 4.14. The SMILES string of the molecule is CNc1cc(C)nc(CN(C)CC2CCN(C)C2)n1. The van der Waals surface area contributed by atoms with Crippen LogP contribution in [0.2, 0.25) is 0 Å². The highest BCUT2D eigenvalue weighted by Gasteiger charge is 2.21. The van der Waals surface area contributed by atoms with E-state index in [1.165, 1.54) is 19.5 Å². The van der Waals surface area contributed by atoms with E-state index in [1.54, 1.807) is 0 Å². The van der Waals surface area contributed by atoms with Gasteiger partial charge in [-0.05, 0) is 39.9 Å². The van der Waals surface area contributed by atoms with Gasteiger partial charge in [-0.25, -0.2) is 9.97 Å². The van der Waals surface area contributed by atoms with Gasteiger partial charge in [-0.15, -0.1) is 0 Å². The summed E-state index contributed by atoms with van der Waals surface area (Å²) in [6.45, 7) is 6.38. The first kappa shape index (κ1) is 14.2. The van der Waals surface area contributed by atoms with Crippen LogP contribution in [0.25, 0.3) is 0 Å². The summed E-state index contributed by atoms with van der Waals surface area (Å²) in [5.41, 5.74) is 1.02. The van der Waals surface area contributed by atoms with Crippen molar-refractivity contribution in [2.24, 2.45) is 5.92 Å². The number of aryl methyl sites for hydroxylation is 1. The van der Waals surface area contributed by atoms with Crippen LogP contribution in [0.3, 0.4) is 0 Å². The minimum atomic E-state index is 0.781. The van der Waals surface area contributed by atoms with E-state index in [0.29, 0.717) is 0 Å². The Hall–Kier alpha value is -1.20. The number of aromatic nitrogens is 2. The molecular weight excluding hydrogens is 238 g/mol. The molecule has 0 spiro atoms. The largest absolute Gasteiger partial charge is 0.373 e. The van der Waals surface area contributed by atoms with Crippen LogP contribution in [0.1, 0.15) is 17.9 Å². The standard InChI is InChI=1S/C14H25N5/c1-11-7-13(15-2)17-14(16-11)10-19(4)9-12-5-6-18(3)8-12/h7,12H,5-6,8-10H2,1-4H3,(H,15,16,17). The number of anilines is 1. The van der Waals surface area contributed by atoms with Crippen molar-refractivity contribution in [3.63, 3.8) is 0 Å². The predicted octanol–water partition coefficient (Wildman–Crippen LogP) is 1.21. The third-order valence-corrected chi connectivity index (χ3v) is 3.63. The summed E-state index contributed by atoms with van der Waals surface area (Å²) in [4.78, 5) is 13.8.